The number of aryl methyl sites for hydroxylation is 1. The van der Waals surface area contributed by atoms with Crippen LogP contribution in [0.3, 0.4) is 0 Å². The molecule has 2 aromatic heterocycles. The molecule has 0 saturated heterocycles. The smallest absolute Gasteiger partial charge is 0.287 e. The van der Waals surface area contributed by atoms with Crippen molar-refractivity contribution in [3.8, 4) is 0 Å². The van der Waals surface area contributed by atoms with Crippen molar-refractivity contribution in [1.82, 2.24) is 15.6 Å². The van der Waals surface area contributed by atoms with Crippen molar-refractivity contribution >= 4 is 23.4 Å². The molecule has 1 aliphatic rings. The number of benzene rings is 1. The van der Waals surface area contributed by atoms with Crippen LogP contribution in [-0.4, -0.2) is 35.3 Å². The molecule has 1 fully saturated rings. The molecule has 0 aliphatic heterocycles. The average molecular weight is 475 g/mol. The van der Waals surface area contributed by atoms with Crippen LogP contribution in [-0.2, 0) is 9.59 Å². The number of nitrogens with zero attached hydrogens (tertiary/aromatic N) is 2. The summed E-state index contributed by atoms with van der Waals surface area (Å²) in [6.45, 7) is 1.61. The second kappa shape index (κ2) is 11.5. The maximum absolute atomic E-state index is 13.8. The fourth-order valence-corrected chi connectivity index (χ4v) is 4.49. The first-order valence-corrected chi connectivity index (χ1v) is 11.9. The Kier molecular flexibility index (Phi) is 7.92. The van der Waals surface area contributed by atoms with E-state index in [-0.39, 0.29) is 24.3 Å². The van der Waals surface area contributed by atoms with Crippen LogP contribution in [0.4, 0.5) is 5.69 Å². The number of amides is 3. The van der Waals surface area contributed by atoms with Crippen LogP contribution in [0.2, 0.25) is 0 Å². The van der Waals surface area contributed by atoms with Gasteiger partial charge in [0.2, 0.25) is 11.8 Å². The molecule has 2 heterocycles. The van der Waals surface area contributed by atoms with Gasteiger partial charge in [0.15, 0.2) is 5.76 Å². The molecule has 35 heavy (non-hydrogen) atoms. The number of rotatable bonds is 8. The van der Waals surface area contributed by atoms with Crippen molar-refractivity contribution in [2.45, 2.75) is 51.1 Å². The van der Waals surface area contributed by atoms with Crippen LogP contribution in [0.1, 0.15) is 59.8 Å². The molecule has 8 nitrogen and oxygen atoms in total. The van der Waals surface area contributed by atoms with Gasteiger partial charge < -0.3 is 15.1 Å². The molecule has 1 atom stereocenters. The molecule has 2 N–H and O–H groups in total. The standard InChI is InChI=1S/C27H30N4O4/c1-19-9-5-6-13-22(19)25(27(34)30-20-10-3-2-4-11-20)31(21-12-7-15-28-17-21)24(32)18-29-26(33)23-14-8-16-35-23/h5-9,12-17,20,25H,2-4,10-11,18H2,1H3,(H,29,33)(H,30,34)/t25-/m0/s1. The van der Waals surface area contributed by atoms with E-state index in [1.807, 2.05) is 31.2 Å². The Morgan fingerprint density at radius 3 is 2.54 bits per heavy atom. The van der Waals surface area contributed by atoms with Crippen molar-refractivity contribution < 1.29 is 18.8 Å². The SMILES string of the molecule is Cc1ccccc1[C@@H](C(=O)NC1CCCCC1)N(C(=O)CNC(=O)c1ccco1)c1cccnc1. The number of furan rings is 1. The Morgan fingerprint density at radius 2 is 1.86 bits per heavy atom. The zero-order valence-electron chi connectivity index (χ0n) is 19.8. The van der Waals surface area contributed by atoms with Gasteiger partial charge in [-0.1, -0.05) is 43.5 Å². The first kappa shape index (κ1) is 24.2. The highest BCUT2D eigenvalue weighted by Crippen LogP contribution is 2.30. The molecule has 8 heteroatoms. The molecule has 4 rings (SSSR count). The van der Waals surface area contributed by atoms with Gasteiger partial charge in [0.1, 0.15) is 6.04 Å². The summed E-state index contributed by atoms with van der Waals surface area (Å²) in [5.74, 6) is -1.09. The summed E-state index contributed by atoms with van der Waals surface area (Å²) in [5, 5.41) is 5.78. The van der Waals surface area contributed by atoms with Crippen LogP contribution in [0.15, 0.2) is 71.6 Å². The van der Waals surface area contributed by atoms with Gasteiger partial charge in [-0.2, -0.15) is 0 Å². The number of nitrogens with one attached hydrogen (secondary N) is 2. The number of carbonyl (C=O) groups is 3. The predicted molar refractivity (Wildman–Crippen MR) is 132 cm³/mol. The second-order valence-electron chi connectivity index (χ2n) is 8.74. The quantitative estimate of drug-likeness (QED) is 0.515. The van der Waals surface area contributed by atoms with Gasteiger partial charge in [-0.05, 0) is 55.2 Å². The molecular weight excluding hydrogens is 444 g/mol. The Bertz CT molecular complexity index is 1140. The van der Waals surface area contributed by atoms with Crippen LogP contribution in [0.25, 0.3) is 0 Å². The van der Waals surface area contributed by atoms with E-state index in [1.54, 1.807) is 30.6 Å². The van der Waals surface area contributed by atoms with Crippen LogP contribution < -0.4 is 15.5 Å². The third kappa shape index (κ3) is 5.95. The molecular formula is C27H30N4O4. The van der Waals surface area contributed by atoms with Gasteiger partial charge in [-0.15, -0.1) is 0 Å². The minimum atomic E-state index is -0.921. The summed E-state index contributed by atoms with van der Waals surface area (Å²) < 4.78 is 5.12. The predicted octanol–water partition coefficient (Wildman–Crippen LogP) is 3.94. The van der Waals surface area contributed by atoms with Gasteiger partial charge in [0.05, 0.1) is 24.7 Å². The average Bonchev–Trinajstić information content (AvgIpc) is 3.42. The van der Waals surface area contributed by atoms with E-state index in [9.17, 15) is 14.4 Å². The lowest BCUT2D eigenvalue weighted by molar-refractivity contribution is -0.127. The second-order valence-corrected chi connectivity index (χ2v) is 8.74. The van der Waals surface area contributed by atoms with E-state index < -0.39 is 17.9 Å². The molecule has 0 radical (unpaired) electrons. The Hall–Kier alpha value is -3.94. The number of aromatic nitrogens is 1. The van der Waals surface area contributed by atoms with Crippen molar-refractivity contribution in [2.24, 2.45) is 0 Å². The summed E-state index contributed by atoms with van der Waals surface area (Å²) in [7, 11) is 0. The Labute approximate surface area is 204 Å². The van der Waals surface area contributed by atoms with Crippen molar-refractivity contribution in [3.05, 3.63) is 84.1 Å². The molecule has 3 aromatic rings. The van der Waals surface area contributed by atoms with Crippen molar-refractivity contribution in [1.29, 1.82) is 0 Å². The maximum atomic E-state index is 13.8. The van der Waals surface area contributed by atoms with Gasteiger partial charge in [0, 0.05) is 12.2 Å². The largest absolute Gasteiger partial charge is 0.459 e. The minimum Gasteiger partial charge on any atom is -0.459 e. The summed E-state index contributed by atoms with van der Waals surface area (Å²) in [4.78, 5) is 45.4. The fraction of sp³-hybridized carbons (Fsp3) is 0.333. The lowest BCUT2D eigenvalue weighted by atomic mass is 9.94. The fourth-order valence-electron chi connectivity index (χ4n) is 4.49. The lowest BCUT2D eigenvalue weighted by Gasteiger charge is -2.34. The first-order valence-electron chi connectivity index (χ1n) is 11.9. The van der Waals surface area contributed by atoms with Gasteiger partial charge in [-0.3, -0.25) is 24.3 Å². The number of anilines is 1. The normalized spacial score (nSPS) is 14.7. The molecule has 1 aromatic carbocycles. The summed E-state index contributed by atoms with van der Waals surface area (Å²) >= 11 is 0. The third-order valence-corrected chi connectivity index (χ3v) is 6.28. The number of carbonyl (C=O) groups excluding carboxylic acids is 3. The topological polar surface area (TPSA) is 105 Å². The number of hydrogen-bond donors (Lipinski definition) is 2. The van der Waals surface area contributed by atoms with Gasteiger partial charge in [0.25, 0.3) is 5.91 Å². The molecule has 0 unspecified atom stereocenters. The van der Waals surface area contributed by atoms with Crippen molar-refractivity contribution in [3.63, 3.8) is 0 Å². The number of pyridine rings is 1. The van der Waals surface area contributed by atoms with Gasteiger partial charge >= 0.3 is 0 Å². The van der Waals surface area contributed by atoms with Crippen LogP contribution in [0.5, 0.6) is 0 Å². The maximum Gasteiger partial charge on any atom is 0.287 e. The highest BCUT2D eigenvalue weighted by Gasteiger charge is 2.35. The van der Waals surface area contributed by atoms with Crippen LogP contribution in [0, 0.1) is 6.92 Å². The van der Waals surface area contributed by atoms with Crippen LogP contribution >= 0.6 is 0 Å². The third-order valence-electron chi connectivity index (χ3n) is 6.28. The summed E-state index contributed by atoms with van der Waals surface area (Å²) in [6.07, 6.45) is 9.71. The minimum absolute atomic E-state index is 0.0762. The number of hydrogen-bond acceptors (Lipinski definition) is 5. The molecule has 3 amide bonds. The zero-order chi connectivity index (χ0) is 24.6. The van der Waals surface area contributed by atoms with E-state index in [2.05, 4.69) is 15.6 Å². The highest BCUT2D eigenvalue weighted by atomic mass is 16.3. The first-order chi connectivity index (χ1) is 17.0. The molecule has 1 saturated carbocycles. The van der Waals surface area contributed by atoms with E-state index in [1.165, 1.54) is 23.7 Å². The zero-order valence-corrected chi connectivity index (χ0v) is 19.8. The Morgan fingerprint density at radius 1 is 1.06 bits per heavy atom. The van der Waals surface area contributed by atoms with E-state index >= 15 is 0 Å². The molecule has 182 valence electrons. The molecule has 0 bridgehead atoms. The van der Waals surface area contributed by atoms with E-state index in [0.717, 1.165) is 36.8 Å². The van der Waals surface area contributed by atoms with E-state index in [4.69, 9.17) is 4.42 Å². The van der Waals surface area contributed by atoms with Gasteiger partial charge in [-0.25, -0.2) is 0 Å². The summed E-state index contributed by atoms with van der Waals surface area (Å²) in [6, 6.07) is 13.3. The molecule has 1 aliphatic carbocycles. The molecule has 0 spiro atoms. The highest BCUT2D eigenvalue weighted by molar-refractivity contribution is 6.04. The Balaban J connectivity index is 1.66. The van der Waals surface area contributed by atoms with Crippen molar-refractivity contribution in [2.75, 3.05) is 11.4 Å². The lowest BCUT2D eigenvalue weighted by Crippen LogP contribution is -2.50. The summed E-state index contributed by atoms with van der Waals surface area (Å²) in [5.41, 5.74) is 2.07. The monoisotopic (exact) mass is 474 g/mol. The van der Waals surface area contributed by atoms with E-state index in [0.29, 0.717) is 5.69 Å².